The third-order valence-electron chi connectivity index (χ3n) is 3.87. The zero-order chi connectivity index (χ0) is 14.8. The monoisotopic (exact) mass is 289 g/mol. The molecular weight excluding hydrogens is 260 g/mol. The summed E-state index contributed by atoms with van der Waals surface area (Å²) in [5.41, 5.74) is 1.16. The van der Waals surface area contributed by atoms with Crippen LogP contribution in [0.5, 0.6) is 5.75 Å². The molecule has 2 rings (SSSR count). The minimum Gasteiger partial charge on any atom is -0.493 e. The van der Waals surface area contributed by atoms with E-state index < -0.39 is 0 Å². The number of benzene rings is 1. The van der Waals surface area contributed by atoms with Crippen LogP contribution in [0.15, 0.2) is 24.3 Å². The van der Waals surface area contributed by atoms with Crippen molar-refractivity contribution in [1.29, 1.82) is 0 Å². The molecule has 1 aromatic rings. The second-order valence-electron chi connectivity index (χ2n) is 5.69. The van der Waals surface area contributed by atoms with Crippen LogP contribution in [0, 0.1) is 0 Å². The highest BCUT2D eigenvalue weighted by molar-refractivity contribution is 5.97. The number of ether oxygens (including phenoxy) is 1. The molecular formula is C18H29N2O+. The summed E-state index contributed by atoms with van der Waals surface area (Å²) in [6, 6.07) is 8.30. The number of hydrogen-bond donors (Lipinski definition) is 2. The Kier molecular flexibility index (Phi) is 7.13. The minimum absolute atomic E-state index is 0.816. The summed E-state index contributed by atoms with van der Waals surface area (Å²) in [6.45, 7) is 5.14. The molecule has 0 spiro atoms. The molecule has 1 aromatic carbocycles. The number of para-hydroxylation sites is 1. The summed E-state index contributed by atoms with van der Waals surface area (Å²) in [5, 5.41) is 3.43. The van der Waals surface area contributed by atoms with E-state index in [0.29, 0.717) is 0 Å². The molecule has 0 saturated heterocycles. The van der Waals surface area contributed by atoms with E-state index in [1.807, 2.05) is 6.07 Å². The Bertz CT molecular complexity index is 443. The molecule has 0 aromatic heterocycles. The Hall–Kier alpha value is -1.51. The van der Waals surface area contributed by atoms with Gasteiger partial charge in [-0.2, -0.15) is 0 Å². The number of nitrogens with one attached hydrogen (secondary N) is 2. The van der Waals surface area contributed by atoms with Gasteiger partial charge in [-0.15, -0.1) is 0 Å². The lowest BCUT2D eigenvalue weighted by molar-refractivity contribution is -0.463. The average molecular weight is 289 g/mol. The van der Waals surface area contributed by atoms with Gasteiger partial charge in [0.1, 0.15) is 11.3 Å². The highest BCUT2D eigenvalue weighted by atomic mass is 16.5. The summed E-state index contributed by atoms with van der Waals surface area (Å²) in [6.07, 6.45) is 8.95. The lowest BCUT2D eigenvalue weighted by Crippen LogP contribution is -2.79. The second kappa shape index (κ2) is 9.43. The predicted octanol–water partition coefficient (Wildman–Crippen LogP) is 2.25. The standard InChI is InChI=1S/C18H28N2O/c1-2-3-4-5-6-9-15-21-17-12-8-7-11-16(17)18-19-13-10-14-20-18/h7-8,11-12H,2-6,9-10,13-15H2,1H3,(H,19,20)/p+1. The fourth-order valence-corrected chi connectivity index (χ4v) is 2.63. The van der Waals surface area contributed by atoms with Crippen molar-refractivity contribution in [3.63, 3.8) is 0 Å². The molecule has 3 heteroatoms. The Labute approximate surface area is 128 Å². The van der Waals surface area contributed by atoms with E-state index in [4.69, 9.17) is 4.74 Å². The van der Waals surface area contributed by atoms with Crippen LogP contribution < -0.4 is 15.0 Å². The van der Waals surface area contributed by atoms with Crippen LogP contribution in [0.25, 0.3) is 0 Å². The van der Waals surface area contributed by atoms with Crippen molar-refractivity contribution in [2.24, 2.45) is 0 Å². The summed E-state index contributed by atoms with van der Waals surface area (Å²) in [7, 11) is 0. The molecule has 0 aliphatic carbocycles. The molecule has 0 fully saturated rings. The van der Waals surface area contributed by atoms with Gasteiger partial charge in [-0.3, -0.25) is 10.3 Å². The topological polar surface area (TPSA) is 35.2 Å². The van der Waals surface area contributed by atoms with Gasteiger partial charge in [0.15, 0.2) is 0 Å². The van der Waals surface area contributed by atoms with Crippen molar-refractivity contribution in [3.05, 3.63) is 29.8 Å². The molecule has 0 saturated carbocycles. The SMILES string of the molecule is CCCCCCCCOc1ccccc1C1=[NH+]CCCN1. The summed E-state index contributed by atoms with van der Waals surface area (Å²) in [4.78, 5) is 3.43. The van der Waals surface area contributed by atoms with Crippen molar-refractivity contribution in [3.8, 4) is 5.75 Å². The Morgan fingerprint density at radius 3 is 2.71 bits per heavy atom. The van der Waals surface area contributed by atoms with Crippen molar-refractivity contribution < 1.29 is 9.73 Å². The molecule has 116 valence electrons. The lowest BCUT2D eigenvalue weighted by Gasteiger charge is -2.13. The maximum atomic E-state index is 6.00. The van der Waals surface area contributed by atoms with Crippen molar-refractivity contribution >= 4 is 5.84 Å². The first-order chi connectivity index (χ1) is 10.4. The van der Waals surface area contributed by atoms with E-state index in [-0.39, 0.29) is 0 Å². The van der Waals surface area contributed by atoms with Gasteiger partial charge in [-0.1, -0.05) is 51.2 Å². The zero-order valence-corrected chi connectivity index (χ0v) is 13.3. The summed E-state index contributed by atoms with van der Waals surface area (Å²) >= 11 is 0. The van der Waals surface area contributed by atoms with Gasteiger partial charge in [0.2, 0.25) is 0 Å². The fourth-order valence-electron chi connectivity index (χ4n) is 2.63. The van der Waals surface area contributed by atoms with E-state index in [2.05, 4.69) is 35.4 Å². The number of unbranched alkanes of at least 4 members (excludes halogenated alkanes) is 5. The lowest BCUT2D eigenvalue weighted by atomic mass is 10.1. The molecule has 0 bridgehead atoms. The van der Waals surface area contributed by atoms with Gasteiger partial charge in [-0.05, 0) is 18.6 Å². The minimum atomic E-state index is 0.816. The molecule has 2 N–H and O–H groups in total. The van der Waals surface area contributed by atoms with Gasteiger partial charge >= 0.3 is 0 Å². The van der Waals surface area contributed by atoms with E-state index in [9.17, 15) is 0 Å². The molecule has 1 heterocycles. The molecule has 1 aliphatic rings. The first-order valence-corrected chi connectivity index (χ1v) is 8.48. The van der Waals surface area contributed by atoms with E-state index in [0.717, 1.165) is 43.3 Å². The fraction of sp³-hybridized carbons (Fsp3) is 0.611. The average Bonchev–Trinajstić information content (AvgIpc) is 2.55. The molecule has 0 atom stereocenters. The smallest absolute Gasteiger partial charge is 0.278 e. The second-order valence-corrected chi connectivity index (χ2v) is 5.69. The van der Waals surface area contributed by atoms with Crippen molar-refractivity contribution in [1.82, 2.24) is 5.32 Å². The molecule has 21 heavy (non-hydrogen) atoms. The van der Waals surface area contributed by atoms with Crippen LogP contribution in [-0.4, -0.2) is 25.5 Å². The van der Waals surface area contributed by atoms with E-state index in [1.165, 1.54) is 38.5 Å². The summed E-state index contributed by atoms with van der Waals surface area (Å²) < 4.78 is 6.00. The van der Waals surface area contributed by atoms with Crippen molar-refractivity contribution in [2.75, 3.05) is 19.7 Å². The molecule has 0 amide bonds. The van der Waals surface area contributed by atoms with E-state index >= 15 is 0 Å². The Morgan fingerprint density at radius 2 is 1.90 bits per heavy atom. The molecule has 3 nitrogen and oxygen atoms in total. The van der Waals surface area contributed by atoms with Crippen LogP contribution in [0.4, 0.5) is 0 Å². The maximum Gasteiger partial charge on any atom is 0.278 e. The Balaban J connectivity index is 1.79. The van der Waals surface area contributed by atoms with Crippen LogP contribution >= 0.6 is 0 Å². The highest BCUT2D eigenvalue weighted by Crippen LogP contribution is 2.18. The Morgan fingerprint density at radius 1 is 1.10 bits per heavy atom. The van der Waals surface area contributed by atoms with Crippen LogP contribution in [-0.2, 0) is 0 Å². The zero-order valence-electron chi connectivity index (χ0n) is 13.3. The molecule has 0 unspecified atom stereocenters. The third-order valence-corrected chi connectivity index (χ3v) is 3.87. The number of hydrogen-bond acceptors (Lipinski definition) is 2. The molecule has 0 radical (unpaired) electrons. The quantitative estimate of drug-likeness (QED) is 0.684. The van der Waals surface area contributed by atoms with Crippen LogP contribution in [0.2, 0.25) is 0 Å². The predicted molar refractivity (Wildman–Crippen MR) is 87.9 cm³/mol. The first-order valence-electron chi connectivity index (χ1n) is 8.48. The maximum absolute atomic E-state index is 6.00. The van der Waals surface area contributed by atoms with Gasteiger partial charge in [-0.25, -0.2) is 0 Å². The normalized spacial score (nSPS) is 14.4. The van der Waals surface area contributed by atoms with Crippen LogP contribution in [0.1, 0.15) is 57.4 Å². The van der Waals surface area contributed by atoms with Gasteiger partial charge in [0.25, 0.3) is 5.84 Å². The third kappa shape index (κ3) is 5.41. The van der Waals surface area contributed by atoms with Crippen LogP contribution in [0.3, 0.4) is 0 Å². The van der Waals surface area contributed by atoms with E-state index in [1.54, 1.807) is 0 Å². The van der Waals surface area contributed by atoms with Crippen molar-refractivity contribution in [2.45, 2.75) is 51.9 Å². The van der Waals surface area contributed by atoms with Gasteiger partial charge < -0.3 is 4.74 Å². The van der Waals surface area contributed by atoms with Gasteiger partial charge in [0.05, 0.1) is 19.7 Å². The summed E-state index contributed by atoms with van der Waals surface area (Å²) in [5.74, 6) is 2.10. The molecule has 1 aliphatic heterocycles. The largest absolute Gasteiger partial charge is 0.493 e. The number of amidine groups is 1. The van der Waals surface area contributed by atoms with Gasteiger partial charge in [0, 0.05) is 6.42 Å². The number of rotatable bonds is 9. The first kappa shape index (κ1) is 15.9. The highest BCUT2D eigenvalue weighted by Gasteiger charge is 2.17.